The van der Waals surface area contributed by atoms with Crippen LogP contribution in [-0.2, 0) is 11.2 Å². The summed E-state index contributed by atoms with van der Waals surface area (Å²) in [5.74, 6) is 0.177. The fraction of sp³-hybridized carbons (Fsp3) is 0.533. The van der Waals surface area contributed by atoms with Gasteiger partial charge in [-0.3, -0.25) is 4.79 Å². The van der Waals surface area contributed by atoms with Gasteiger partial charge in [0.2, 0.25) is 5.91 Å². The molecular formula is C15H24N2O2. The van der Waals surface area contributed by atoms with Gasteiger partial charge in [-0.25, -0.2) is 0 Å². The maximum Gasteiger partial charge on any atom is 0.224 e. The van der Waals surface area contributed by atoms with Crippen molar-refractivity contribution in [3.63, 3.8) is 0 Å². The van der Waals surface area contributed by atoms with E-state index in [1.54, 1.807) is 18.2 Å². The molecule has 1 aromatic carbocycles. The molecular weight excluding hydrogens is 240 g/mol. The minimum atomic E-state index is -0.0163. The lowest BCUT2D eigenvalue weighted by molar-refractivity contribution is -0.120. The minimum absolute atomic E-state index is 0.0163. The number of hydrogen-bond acceptors (Lipinski definition) is 3. The van der Waals surface area contributed by atoms with Crippen LogP contribution in [0.2, 0.25) is 0 Å². The van der Waals surface area contributed by atoms with Crippen molar-refractivity contribution in [2.45, 2.75) is 20.3 Å². The number of phenols is 1. The van der Waals surface area contributed by atoms with E-state index in [4.69, 9.17) is 0 Å². The zero-order valence-electron chi connectivity index (χ0n) is 12.2. The van der Waals surface area contributed by atoms with Crippen LogP contribution in [-0.4, -0.2) is 43.1 Å². The average molecular weight is 264 g/mol. The van der Waals surface area contributed by atoms with Crippen LogP contribution >= 0.6 is 0 Å². The fourth-order valence-electron chi connectivity index (χ4n) is 2.16. The van der Waals surface area contributed by atoms with E-state index >= 15 is 0 Å². The lowest BCUT2D eigenvalue weighted by atomic mass is 9.93. The molecule has 0 unspecified atom stereocenters. The first kappa shape index (κ1) is 15.5. The number of nitrogens with zero attached hydrogens (tertiary/aromatic N) is 1. The van der Waals surface area contributed by atoms with Gasteiger partial charge in [0.05, 0.1) is 6.42 Å². The molecule has 0 aromatic heterocycles. The molecule has 1 amide bonds. The summed E-state index contributed by atoms with van der Waals surface area (Å²) < 4.78 is 0. The third-order valence-electron chi connectivity index (χ3n) is 2.78. The average Bonchev–Trinajstić information content (AvgIpc) is 2.25. The second-order valence-corrected chi connectivity index (χ2v) is 6.03. The molecule has 0 saturated carbocycles. The number of phenolic OH excluding ortho intramolecular Hbond substituents is 1. The Balaban J connectivity index is 2.44. The van der Waals surface area contributed by atoms with Gasteiger partial charge in [-0.2, -0.15) is 0 Å². The Morgan fingerprint density at radius 3 is 2.63 bits per heavy atom. The number of aromatic hydroxyl groups is 1. The van der Waals surface area contributed by atoms with Gasteiger partial charge in [-0.15, -0.1) is 0 Å². The van der Waals surface area contributed by atoms with Gasteiger partial charge >= 0.3 is 0 Å². The molecule has 0 atom stereocenters. The zero-order valence-corrected chi connectivity index (χ0v) is 12.2. The second kappa shape index (κ2) is 6.57. The maximum absolute atomic E-state index is 11.8. The Morgan fingerprint density at radius 1 is 1.37 bits per heavy atom. The summed E-state index contributed by atoms with van der Waals surface area (Å²) in [4.78, 5) is 14.0. The molecule has 4 nitrogen and oxygen atoms in total. The van der Waals surface area contributed by atoms with Crippen molar-refractivity contribution in [3.05, 3.63) is 29.8 Å². The molecule has 0 heterocycles. The number of benzene rings is 1. The molecule has 4 heteroatoms. The first-order valence-electron chi connectivity index (χ1n) is 6.48. The van der Waals surface area contributed by atoms with Crippen LogP contribution in [0.3, 0.4) is 0 Å². The van der Waals surface area contributed by atoms with Crippen molar-refractivity contribution in [2.75, 3.05) is 27.2 Å². The lowest BCUT2D eigenvalue weighted by Crippen LogP contribution is -2.40. The van der Waals surface area contributed by atoms with E-state index in [2.05, 4.69) is 24.1 Å². The van der Waals surface area contributed by atoms with E-state index in [0.717, 1.165) is 12.1 Å². The van der Waals surface area contributed by atoms with Crippen molar-refractivity contribution in [3.8, 4) is 5.75 Å². The van der Waals surface area contributed by atoms with Crippen LogP contribution in [0.4, 0.5) is 0 Å². The summed E-state index contributed by atoms with van der Waals surface area (Å²) in [6.07, 6.45) is 0.298. The molecule has 0 bridgehead atoms. The number of amides is 1. The van der Waals surface area contributed by atoms with E-state index in [0.29, 0.717) is 13.0 Å². The van der Waals surface area contributed by atoms with Gasteiger partial charge in [0.1, 0.15) is 5.75 Å². The van der Waals surface area contributed by atoms with Gasteiger partial charge < -0.3 is 15.3 Å². The molecule has 0 aliphatic heterocycles. The first-order chi connectivity index (χ1) is 8.78. The minimum Gasteiger partial charge on any atom is -0.508 e. The Hall–Kier alpha value is -1.55. The van der Waals surface area contributed by atoms with Crippen LogP contribution in [0.5, 0.6) is 5.75 Å². The Bertz CT molecular complexity index is 428. The van der Waals surface area contributed by atoms with Gasteiger partial charge in [0, 0.05) is 13.1 Å². The molecule has 0 aliphatic rings. The van der Waals surface area contributed by atoms with E-state index in [-0.39, 0.29) is 17.1 Å². The molecule has 1 aromatic rings. The van der Waals surface area contributed by atoms with Gasteiger partial charge in [-0.1, -0.05) is 26.0 Å². The molecule has 19 heavy (non-hydrogen) atoms. The Kier molecular flexibility index (Phi) is 5.36. The molecule has 0 radical (unpaired) electrons. The normalized spacial score (nSPS) is 11.6. The summed E-state index contributed by atoms with van der Waals surface area (Å²) in [5, 5.41) is 12.3. The molecule has 2 N–H and O–H groups in total. The summed E-state index contributed by atoms with van der Waals surface area (Å²) in [7, 11) is 4.05. The predicted molar refractivity (Wildman–Crippen MR) is 77.2 cm³/mol. The third kappa shape index (κ3) is 6.25. The quantitative estimate of drug-likeness (QED) is 0.821. The summed E-state index contributed by atoms with van der Waals surface area (Å²) >= 11 is 0. The standard InChI is InChI=1S/C15H24N2O2/c1-15(2,11-17(3)4)10-16-14(19)9-12-6-5-7-13(18)8-12/h5-8,18H,9-11H2,1-4H3,(H,16,19). The molecule has 106 valence electrons. The molecule has 0 fully saturated rings. The number of carbonyl (C=O) groups is 1. The summed E-state index contributed by atoms with van der Waals surface area (Å²) in [6.45, 7) is 5.81. The highest BCUT2D eigenvalue weighted by Gasteiger charge is 2.19. The highest BCUT2D eigenvalue weighted by Crippen LogP contribution is 2.15. The van der Waals surface area contributed by atoms with Crippen LogP contribution in [0, 0.1) is 5.41 Å². The molecule has 0 saturated heterocycles. The lowest BCUT2D eigenvalue weighted by Gasteiger charge is -2.28. The SMILES string of the molecule is CN(C)CC(C)(C)CNC(=O)Cc1cccc(O)c1. The van der Waals surface area contributed by atoms with Crippen molar-refractivity contribution < 1.29 is 9.90 Å². The summed E-state index contributed by atoms with van der Waals surface area (Å²) in [6, 6.07) is 6.80. The monoisotopic (exact) mass is 264 g/mol. The van der Waals surface area contributed by atoms with Crippen LogP contribution in [0.15, 0.2) is 24.3 Å². The summed E-state index contributed by atoms with van der Waals surface area (Å²) in [5.41, 5.74) is 0.862. The van der Waals surface area contributed by atoms with Crippen molar-refractivity contribution in [2.24, 2.45) is 5.41 Å². The predicted octanol–water partition coefficient (Wildman–Crippen LogP) is 1.64. The zero-order chi connectivity index (χ0) is 14.5. The van der Waals surface area contributed by atoms with Gasteiger partial charge in [-0.05, 0) is 37.2 Å². The van der Waals surface area contributed by atoms with Crippen molar-refractivity contribution in [1.29, 1.82) is 0 Å². The first-order valence-corrected chi connectivity index (χ1v) is 6.48. The number of hydrogen-bond donors (Lipinski definition) is 2. The highest BCUT2D eigenvalue weighted by atomic mass is 16.3. The van der Waals surface area contributed by atoms with Crippen molar-refractivity contribution >= 4 is 5.91 Å². The number of carbonyl (C=O) groups excluding carboxylic acids is 1. The topological polar surface area (TPSA) is 52.6 Å². The maximum atomic E-state index is 11.8. The fourth-order valence-corrected chi connectivity index (χ4v) is 2.16. The number of nitrogens with one attached hydrogen (secondary N) is 1. The van der Waals surface area contributed by atoms with Crippen LogP contribution in [0.25, 0.3) is 0 Å². The number of rotatable bonds is 6. The van der Waals surface area contributed by atoms with Crippen LogP contribution < -0.4 is 5.32 Å². The smallest absolute Gasteiger partial charge is 0.224 e. The third-order valence-corrected chi connectivity index (χ3v) is 2.78. The second-order valence-electron chi connectivity index (χ2n) is 6.03. The Labute approximate surface area is 115 Å². The van der Waals surface area contributed by atoms with E-state index in [1.807, 2.05) is 20.2 Å². The van der Waals surface area contributed by atoms with E-state index < -0.39 is 0 Å². The van der Waals surface area contributed by atoms with Crippen LogP contribution in [0.1, 0.15) is 19.4 Å². The van der Waals surface area contributed by atoms with Gasteiger partial charge in [0.15, 0.2) is 0 Å². The van der Waals surface area contributed by atoms with E-state index in [1.165, 1.54) is 0 Å². The largest absolute Gasteiger partial charge is 0.508 e. The Morgan fingerprint density at radius 2 is 2.05 bits per heavy atom. The van der Waals surface area contributed by atoms with E-state index in [9.17, 15) is 9.90 Å². The van der Waals surface area contributed by atoms with Crippen molar-refractivity contribution in [1.82, 2.24) is 10.2 Å². The molecule has 1 rings (SSSR count). The molecule has 0 aliphatic carbocycles. The highest BCUT2D eigenvalue weighted by molar-refractivity contribution is 5.78. The molecule has 0 spiro atoms. The van der Waals surface area contributed by atoms with Gasteiger partial charge in [0.25, 0.3) is 0 Å².